The van der Waals surface area contributed by atoms with Gasteiger partial charge >= 0.3 is 0 Å². The first-order valence-electron chi connectivity index (χ1n) is 3.89. The maximum absolute atomic E-state index is 13.1. The molecule has 0 saturated heterocycles. The van der Waals surface area contributed by atoms with Crippen molar-refractivity contribution in [2.24, 2.45) is 0 Å². The first-order chi connectivity index (χ1) is 6.31. The third-order valence-electron chi connectivity index (χ3n) is 1.96. The van der Waals surface area contributed by atoms with Gasteiger partial charge in [0.1, 0.15) is 5.82 Å². The Labute approximate surface area is 75.0 Å². The minimum Gasteiger partial charge on any atom is -0.206 e. The highest BCUT2D eigenvalue weighted by molar-refractivity contribution is 5.84. The van der Waals surface area contributed by atoms with Gasteiger partial charge < -0.3 is 0 Å². The molecule has 2 aromatic carbocycles. The Kier molecular flexibility index (Phi) is 1.71. The van der Waals surface area contributed by atoms with Crippen molar-refractivity contribution in [3.8, 4) is 6.07 Å². The molecule has 0 bridgehead atoms. The molecule has 0 unspecified atom stereocenters. The van der Waals surface area contributed by atoms with Crippen LogP contribution in [0.3, 0.4) is 0 Å². The van der Waals surface area contributed by atoms with E-state index in [1.165, 1.54) is 6.07 Å². The van der Waals surface area contributed by atoms with Crippen molar-refractivity contribution in [2.45, 2.75) is 0 Å². The van der Waals surface area contributed by atoms with Crippen LogP contribution in [0.1, 0.15) is 5.56 Å². The molecule has 0 aliphatic heterocycles. The van der Waals surface area contributed by atoms with Gasteiger partial charge in [-0.15, -0.1) is 0 Å². The summed E-state index contributed by atoms with van der Waals surface area (Å²) in [7, 11) is 0. The second-order valence-electron chi connectivity index (χ2n) is 2.79. The molecule has 0 spiro atoms. The lowest BCUT2D eigenvalue weighted by Crippen LogP contribution is -1.80. The van der Waals surface area contributed by atoms with Crippen molar-refractivity contribution in [1.82, 2.24) is 0 Å². The molecule has 0 aromatic heterocycles. The van der Waals surface area contributed by atoms with Crippen LogP contribution in [0.2, 0.25) is 0 Å². The van der Waals surface area contributed by atoms with Crippen LogP contribution < -0.4 is 0 Å². The molecule has 0 heterocycles. The summed E-state index contributed by atoms with van der Waals surface area (Å²) in [6.07, 6.45) is 0. The number of benzene rings is 2. The van der Waals surface area contributed by atoms with Crippen LogP contribution >= 0.6 is 0 Å². The van der Waals surface area contributed by atoms with E-state index in [9.17, 15) is 4.39 Å². The van der Waals surface area contributed by atoms with Gasteiger partial charge in [0, 0.05) is 5.39 Å². The summed E-state index contributed by atoms with van der Waals surface area (Å²) >= 11 is 0. The van der Waals surface area contributed by atoms with Crippen molar-refractivity contribution >= 4 is 10.8 Å². The number of nitriles is 1. The van der Waals surface area contributed by atoms with Gasteiger partial charge in [0.05, 0.1) is 11.6 Å². The van der Waals surface area contributed by atoms with Gasteiger partial charge in [0.15, 0.2) is 0 Å². The van der Waals surface area contributed by atoms with Crippen molar-refractivity contribution in [3.63, 3.8) is 0 Å². The van der Waals surface area contributed by atoms with E-state index in [0.29, 0.717) is 10.9 Å². The summed E-state index contributed by atoms with van der Waals surface area (Å²) in [6, 6.07) is 11.8. The van der Waals surface area contributed by atoms with Gasteiger partial charge in [-0.05, 0) is 23.6 Å². The number of hydrogen-bond donors (Lipinski definition) is 0. The Balaban J connectivity index is 2.82. The second kappa shape index (κ2) is 2.87. The minimum atomic E-state index is -0.248. The topological polar surface area (TPSA) is 23.8 Å². The number of fused-ring (bicyclic) bond motifs is 1. The Morgan fingerprint density at radius 1 is 1.15 bits per heavy atom. The normalized spacial score (nSPS) is 9.85. The number of rotatable bonds is 0. The lowest BCUT2D eigenvalue weighted by atomic mass is 10.1. The molecule has 2 aromatic rings. The van der Waals surface area contributed by atoms with Crippen LogP contribution in [0.15, 0.2) is 36.4 Å². The van der Waals surface area contributed by atoms with E-state index in [1.807, 2.05) is 6.07 Å². The molecule has 13 heavy (non-hydrogen) atoms. The van der Waals surface area contributed by atoms with E-state index in [-0.39, 0.29) is 5.82 Å². The minimum absolute atomic E-state index is 0.248. The molecule has 0 aliphatic rings. The lowest BCUT2D eigenvalue weighted by molar-refractivity contribution is 0.640. The highest BCUT2D eigenvalue weighted by atomic mass is 19.1. The largest absolute Gasteiger partial charge is 0.206 e. The van der Waals surface area contributed by atoms with Crippen molar-refractivity contribution < 1.29 is 4.39 Å². The van der Waals surface area contributed by atoms with Gasteiger partial charge in [0.2, 0.25) is 0 Å². The van der Waals surface area contributed by atoms with E-state index in [2.05, 4.69) is 0 Å². The fourth-order valence-electron chi connectivity index (χ4n) is 1.31. The summed E-state index contributed by atoms with van der Waals surface area (Å²) in [4.78, 5) is 0. The molecule has 2 rings (SSSR count). The molecule has 62 valence electrons. The van der Waals surface area contributed by atoms with Crippen LogP contribution in [0.4, 0.5) is 4.39 Å². The van der Waals surface area contributed by atoms with E-state index in [4.69, 9.17) is 5.26 Å². The molecule has 0 radical (unpaired) electrons. The van der Waals surface area contributed by atoms with Crippen LogP contribution in [0, 0.1) is 17.1 Å². The summed E-state index contributed by atoms with van der Waals surface area (Å²) in [5.41, 5.74) is 0.554. The molecule has 0 fully saturated rings. The average Bonchev–Trinajstić information content (AvgIpc) is 2.18. The van der Waals surface area contributed by atoms with Gasteiger partial charge in [-0.3, -0.25) is 0 Å². The zero-order valence-electron chi connectivity index (χ0n) is 6.79. The summed E-state index contributed by atoms with van der Waals surface area (Å²) < 4.78 is 13.1. The Bertz CT molecular complexity index is 497. The first-order valence-corrected chi connectivity index (χ1v) is 3.89. The Hall–Kier alpha value is -1.88. The fourth-order valence-corrected chi connectivity index (χ4v) is 1.31. The van der Waals surface area contributed by atoms with E-state index >= 15 is 0 Å². The molecule has 0 atom stereocenters. The lowest BCUT2D eigenvalue weighted by Gasteiger charge is -1.98. The van der Waals surface area contributed by atoms with Gasteiger partial charge in [-0.25, -0.2) is 4.39 Å². The summed E-state index contributed by atoms with van der Waals surface area (Å²) in [5, 5.41) is 9.94. The fraction of sp³-hybridized carbons (Fsp3) is 0. The van der Waals surface area contributed by atoms with Crippen LogP contribution in [0.25, 0.3) is 10.8 Å². The number of hydrogen-bond acceptors (Lipinski definition) is 1. The Morgan fingerprint density at radius 2 is 2.00 bits per heavy atom. The molecule has 2 heteroatoms. The van der Waals surface area contributed by atoms with E-state index < -0.39 is 0 Å². The molecule has 1 nitrogen and oxygen atoms in total. The third kappa shape index (κ3) is 1.25. The molecule has 0 amide bonds. The first kappa shape index (κ1) is 7.75. The SMILES string of the molecule is N#Cc1ccc2c(F)cccc2c1. The van der Waals surface area contributed by atoms with Crippen LogP contribution in [0.5, 0.6) is 0 Å². The summed E-state index contributed by atoms with van der Waals surface area (Å²) in [6.45, 7) is 0. The van der Waals surface area contributed by atoms with Crippen LogP contribution in [-0.4, -0.2) is 0 Å². The van der Waals surface area contributed by atoms with Crippen molar-refractivity contribution in [3.05, 3.63) is 47.8 Å². The zero-order chi connectivity index (χ0) is 9.26. The maximum atomic E-state index is 13.1. The van der Waals surface area contributed by atoms with Crippen LogP contribution in [-0.2, 0) is 0 Å². The predicted octanol–water partition coefficient (Wildman–Crippen LogP) is 2.85. The van der Waals surface area contributed by atoms with Gasteiger partial charge in [-0.2, -0.15) is 5.26 Å². The van der Waals surface area contributed by atoms with Gasteiger partial charge in [0.25, 0.3) is 0 Å². The summed E-state index contributed by atoms with van der Waals surface area (Å²) in [5.74, 6) is -0.248. The monoisotopic (exact) mass is 171 g/mol. The number of nitrogens with zero attached hydrogens (tertiary/aromatic N) is 1. The maximum Gasteiger partial charge on any atom is 0.131 e. The molecular formula is C11H6FN. The third-order valence-corrected chi connectivity index (χ3v) is 1.96. The molecule has 0 saturated carbocycles. The van der Waals surface area contributed by atoms with E-state index in [0.717, 1.165) is 5.39 Å². The highest BCUT2D eigenvalue weighted by Gasteiger charge is 1.99. The van der Waals surface area contributed by atoms with Crippen molar-refractivity contribution in [2.75, 3.05) is 0 Å². The van der Waals surface area contributed by atoms with E-state index in [1.54, 1.807) is 30.3 Å². The molecular weight excluding hydrogens is 165 g/mol. The quantitative estimate of drug-likeness (QED) is 0.597. The predicted molar refractivity (Wildman–Crippen MR) is 48.6 cm³/mol. The molecule has 0 N–H and O–H groups in total. The van der Waals surface area contributed by atoms with Crippen molar-refractivity contribution in [1.29, 1.82) is 5.26 Å². The number of halogens is 1. The Morgan fingerprint density at radius 3 is 2.77 bits per heavy atom. The highest BCUT2D eigenvalue weighted by Crippen LogP contribution is 2.18. The standard InChI is InChI=1S/C11H6FN/c12-11-3-1-2-9-6-8(7-13)4-5-10(9)11/h1-6H. The van der Waals surface area contributed by atoms with Gasteiger partial charge in [-0.1, -0.05) is 18.2 Å². The second-order valence-corrected chi connectivity index (χ2v) is 2.79. The molecule has 0 aliphatic carbocycles. The zero-order valence-corrected chi connectivity index (χ0v) is 6.79. The smallest absolute Gasteiger partial charge is 0.131 e. The average molecular weight is 171 g/mol.